The molecule has 6 nitrogen and oxygen atoms in total. The summed E-state index contributed by atoms with van der Waals surface area (Å²) < 4.78 is 5.05. The van der Waals surface area contributed by atoms with Gasteiger partial charge in [-0.3, -0.25) is 4.79 Å². The molecular formula is C12H11ClN4O2. The van der Waals surface area contributed by atoms with E-state index >= 15 is 0 Å². The molecule has 0 aliphatic carbocycles. The minimum absolute atomic E-state index is 0.0522. The van der Waals surface area contributed by atoms with Crippen molar-refractivity contribution in [2.24, 2.45) is 0 Å². The van der Waals surface area contributed by atoms with Crippen molar-refractivity contribution < 1.29 is 9.53 Å². The third-order valence-corrected chi connectivity index (χ3v) is 2.55. The molecule has 1 aromatic heterocycles. The lowest BCUT2D eigenvalue weighted by Crippen LogP contribution is -2.15. The number of carbonyl (C=O) groups is 1. The van der Waals surface area contributed by atoms with Gasteiger partial charge in [-0.2, -0.15) is 0 Å². The Morgan fingerprint density at radius 1 is 1.42 bits per heavy atom. The highest BCUT2D eigenvalue weighted by atomic mass is 35.5. The number of rotatable bonds is 3. The number of anilines is 2. The van der Waals surface area contributed by atoms with E-state index in [4.69, 9.17) is 22.1 Å². The summed E-state index contributed by atoms with van der Waals surface area (Å²) in [6.45, 7) is 0. The summed E-state index contributed by atoms with van der Waals surface area (Å²) in [5, 5.41) is 2.63. The lowest BCUT2D eigenvalue weighted by molar-refractivity contribution is 0.102. The Morgan fingerprint density at radius 2 is 2.21 bits per heavy atom. The average Bonchev–Trinajstić information content (AvgIpc) is 2.39. The summed E-state index contributed by atoms with van der Waals surface area (Å²) in [6.07, 6.45) is 1.44. The molecule has 0 bridgehead atoms. The number of halogens is 1. The maximum Gasteiger partial charge on any atom is 0.259 e. The van der Waals surface area contributed by atoms with Crippen LogP contribution in [0.4, 0.5) is 11.5 Å². The molecule has 0 atom stereocenters. The number of amides is 1. The zero-order valence-electron chi connectivity index (χ0n) is 10.1. The largest absolute Gasteiger partial charge is 0.497 e. The summed E-state index contributed by atoms with van der Waals surface area (Å²) in [7, 11) is 1.51. The van der Waals surface area contributed by atoms with E-state index in [1.165, 1.54) is 19.4 Å². The van der Waals surface area contributed by atoms with Gasteiger partial charge in [0.15, 0.2) is 0 Å². The number of nitrogens with zero attached hydrogens (tertiary/aromatic N) is 2. The number of methoxy groups -OCH3 is 1. The van der Waals surface area contributed by atoms with Crippen molar-refractivity contribution in [2.45, 2.75) is 0 Å². The molecule has 0 aliphatic rings. The molecule has 2 aromatic rings. The van der Waals surface area contributed by atoms with E-state index < -0.39 is 5.91 Å². The van der Waals surface area contributed by atoms with E-state index in [2.05, 4.69) is 15.3 Å². The van der Waals surface area contributed by atoms with E-state index in [1.54, 1.807) is 18.2 Å². The van der Waals surface area contributed by atoms with Crippen LogP contribution in [0.5, 0.6) is 5.75 Å². The van der Waals surface area contributed by atoms with E-state index in [0.717, 1.165) is 0 Å². The van der Waals surface area contributed by atoms with Crippen LogP contribution in [0.25, 0.3) is 0 Å². The summed E-state index contributed by atoms with van der Waals surface area (Å²) in [6, 6.07) is 6.35. The number of ether oxygens (including phenoxy) is 1. The SMILES string of the molecule is COc1ccc(N)c(C(=O)Nc2ccnc(Cl)n2)c1. The summed E-state index contributed by atoms with van der Waals surface area (Å²) in [4.78, 5) is 19.6. The molecule has 0 spiro atoms. The lowest BCUT2D eigenvalue weighted by atomic mass is 10.1. The van der Waals surface area contributed by atoms with E-state index in [9.17, 15) is 4.79 Å². The van der Waals surface area contributed by atoms with Crippen LogP contribution in [0.3, 0.4) is 0 Å². The van der Waals surface area contributed by atoms with Gasteiger partial charge in [0.25, 0.3) is 5.91 Å². The van der Waals surface area contributed by atoms with Crippen LogP contribution in [0, 0.1) is 0 Å². The minimum Gasteiger partial charge on any atom is -0.497 e. The Hall–Kier alpha value is -2.34. The van der Waals surface area contributed by atoms with Gasteiger partial charge in [-0.15, -0.1) is 0 Å². The fourth-order valence-corrected chi connectivity index (χ4v) is 1.59. The van der Waals surface area contributed by atoms with E-state index in [-0.39, 0.29) is 5.28 Å². The summed E-state index contributed by atoms with van der Waals surface area (Å²) in [5.74, 6) is 0.443. The van der Waals surface area contributed by atoms with Crippen molar-refractivity contribution >= 4 is 29.0 Å². The third-order valence-electron chi connectivity index (χ3n) is 2.37. The first-order valence-electron chi connectivity index (χ1n) is 5.33. The van der Waals surface area contributed by atoms with Gasteiger partial charge in [0, 0.05) is 11.9 Å². The van der Waals surface area contributed by atoms with Crippen molar-refractivity contribution in [3.63, 3.8) is 0 Å². The number of hydrogen-bond acceptors (Lipinski definition) is 5. The molecule has 0 radical (unpaired) electrons. The molecule has 0 unspecified atom stereocenters. The normalized spacial score (nSPS) is 10.0. The fraction of sp³-hybridized carbons (Fsp3) is 0.0833. The smallest absolute Gasteiger partial charge is 0.259 e. The van der Waals surface area contributed by atoms with Crippen LogP contribution < -0.4 is 15.8 Å². The molecule has 0 aliphatic heterocycles. The molecule has 1 amide bonds. The monoisotopic (exact) mass is 278 g/mol. The molecule has 0 fully saturated rings. The maximum atomic E-state index is 12.1. The van der Waals surface area contributed by atoms with Crippen molar-refractivity contribution in [3.8, 4) is 5.75 Å². The van der Waals surface area contributed by atoms with Crippen LogP contribution in [-0.2, 0) is 0 Å². The molecule has 98 valence electrons. The highest BCUT2D eigenvalue weighted by Gasteiger charge is 2.12. The Morgan fingerprint density at radius 3 is 2.89 bits per heavy atom. The van der Waals surface area contributed by atoms with Gasteiger partial charge < -0.3 is 15.8 Å². The Kier molecular flexibility index (Phi) is 3.82. The fourth-order valence-electron chi connectivity index (χ4n) is 1.45. The van der Waals surface area contributed by atoms with Gasteiger partial charge in [0.1, 0.15) is 11.6 Å². The van der Waals surface area contributed by atoms with E-state index in [1.807, 2.05) is 0 Å². The van der Waals surface area contributed by atoms with Crippen LogP contribution in [0.15, 0.2) is 30.5 Å². The molecule has 0 saturated heterocycles. The first kappa shape index (κ1) is 13.1. The van der Waals surface area contributed by atoms with Crippen molar-refractivity contribution in [1.82, 2.24) is 9.97 Å². The highest BCUT2D eigenvalue weighted by Crippen LogP contribution is 2.20. The quantitative estimate of drug-likeness (QED) is 0.662. The lowest BCUT2D eigenvalue weighted by Gasteiger charge is -2.08. The van der Waals surface area contributed by atoms with Crippen molar-refractivity contribution in [3.05, 3.63) is 41.3 Å². The topological polar surface area (TPSA) is 90.1 Å². The zero-order valence-corrected chi connectivity index (χ0v) is 10.8. The molecule has 0 saturated carbocycles. The first-order chi connectivity index (χ1) is 9.10. The predicted octanol–water partition coefficient (Wildman–Crippen LogP) is 1.97. The maximum absolute atomic E-state index is 12.1. The minimum atomic E-state index is -0.397. The zero-order chi connectivity index (χ0) is 13.8. The second-order valence-electron chi connectivity index (χ2n) is 3.62. The van der Waals surface area contributed by atoms with E-state index in [0.29, 0.717) is 22.8 Å². The summed E-state index contributed by atoms with van der Waals surface area (Å²) >= 11 is 5.64. The summed E-state index contributed by atoms with van der Waals surface area (Å²) in [5.41, 5.74) is 6.40. The van der Waals surface area contributed by atoms with Gasteiger partial charge in [-0.25, -0.2) is 9.97 Å². The molecular weight excluding hydrogens is 268 g/mol. The third kappa shape index (κ3) is 3.11. The molecule has 1 aromatic carbocycles. The molecule has 2 rings (SSSR count). The van der Waals surface area contributed by atoms with Crippen molar-refractivity contribution in [2.75, 3.05) is 18.2 Å². The Bertz CT molecular complexity index is 618. The predicted molar refractivity (Wildman–Crippen MR) is 72.4 cm³/mol. The van der Waals surface area contributed by atoms with Crippen LogP contribution in [0.1, 0.15) is 10.4 Å². The Labute approximate surface area is 114 Å². The van der Waals surface area contributed by atoms with Crippen LogP contribution >= 0.6 is 11.6 Å². The Balaban J connectivity index is 2.25. The first-order valence-corrected chi connectivity index (χ1v) is 5.71. The number of benzene rings is 1. The second-order valence-corrected chi connectivity index (χ2v) is 3.96. The van der Waals surface area contributed by atoms with Gasteiger partial charge in [0.2, 0.25) is 5.28 Å². The second kappa shape index (κ2) is 5.53. The number of nitrogen functional groups attached to an aromatic ring is 1. The standard InChI is InChI=1S/C12H11ClN4O2/c1-19-7-2-3-9(14)8(6-7)11(18)16-10-4-5-15-12(13)17-10/h2-6H,14H2,1H3,(H,15,16,17,18). The van der Waals surface area contributed by atoms with Gasteiger partial charge in [-0.1, -0.05) is 0 Å². The molecule has 19 heavy (non-hydrogen) atoms. The number of nitrogens with one attached hydrogen (secondary N) is 1. The van der Waals surface area contributed by atoms with Crippen molar-refractivity contribution in [1.29, 1.82) is 0 Å². The number of hydrogen-bond donors (Lipinski definition) is 2. The number of aromatic nitrogens is 2. The molecule has 1 heterocycles. The van der Waals surface area contributed by atoms with Gasteiger partial charge in [-0.05, 0) is 35.9 Å². The highest BCUT2D eigenvalue weighted by molar-refractivity contribution is 6.28. The average molecular weight is 279 g/mol. The number of carbonyl (C=O) groups excluding carboxylic acids is 1. The molecule has 7 heteroatoms. The van der Waals surface area contributed by atoms with Gasteiger partial charge >= 0.3 is 0 Å². The van der Waals surface area contributed by atoms with Crippen LogP contribution in [-0.4, -0.2) is 23.0 Å². The molecule has 3 N–H and O–H groups in total. The number of nitrogens with two attached hydrogens (primary N) is 1. The van der Waals surface area contributed by atoms with Crippen LogP contribution in [0.2, 0.25) is 5.28 Å². The van der Waals surface area contributed by atoms with Gasteiger partial charge in [0.05, 0.1) is 12.7 Å².